The molecule has 66 valence electrons. The summed E-state index contributed by atoms with van der Waals surface area (Å²) >= 11 is 0. The summed E-state index contributed by atoms with van der Waals surface area (Å²) in [7, 11) is 0. The molecule has 0 amide bonds. The van der Waals surface area contributed by atoms with Crippen LogP contribution in [0.2, 0.25) is 0 Å². The predicted molar refractivity (Wildman–Crippen MR) is 44.7 cm³/mol. The Morgan fingerprint density at radius 1 is 1.42 bits per heavy atom. The van der Waals surface area contributed by atoms with E-state index in [1.165, 1.54) is 0 Å². The van der Waals surface area contributed by atoms with E-state index in [-0.39, 0.29) is 6.01 Å². The number of nitrogen functional groups attached to an aromatic ring is 1. The maximum absolute atomic E-state index is 5.30. The molecule has 0 saturated carbocycles. The van der Waals surface area contributed by atoms with Crippen LogP contribution in [0, 0.1) is 5.41 Å². The fourth-order valence-electron chi connectivity index (χ4n) is 1.48. The van der Waals surface area contributed by atoms with Crippen molar-refractivity contribution >= 4 is 12.0 Å². The van der Waals surface area contributed by atoms with Gasteiger partial charge in [-0.15, -0.1) is 0 Å². The summed E-state index contributed by atoms with van der Waals surface area (Å²) in [6.45, 7) is 6.30. The molecule has 1 aliphatic heterocycles. The van der Waals surface area contributed by atoms with Crippen molar-refractivity contribution in [3.8, 4) is 0 Å². The number of nitrogens with zero attached hydrogens (tertiary/aromatic N) is 3. The van der Waals surface area contributed by atoms with Crippen LogP contribution in [0.4, 0.5) is 12.0 Å². The summed E-state index contributed by atoms with van der Waals surface area (Å²) in [4.78, 5) is 2.02. The van der Waals surface area contributed by atoms with Gasteiger partial charge >= 0.3 is 12.0 Å². The topological polar surface area (TPSA) is 68.2 Å². The second-order valence-corrected chi connectivity index (χ2v) is 3.94. The smallest absolute Gasteiger partial charge is 0.319 e. The summed E-state index contributed by atoms with van der Waals surface area (Å²) < 4.78 is 5.06. The zero-order valence-corrected chi connectivity index (χ0v) is 7.24. The van der Waals surface area contributed by atoms with Crippen LogP contribution in [-0.4, -0.2) is 23.3 Å². The quantitative estimate of drug-likeness (QED) is 0.661. The van der Waals surface area contributed by atoms with Crippen LogP contribution >= 0.6 is 0 Å². The van der Waals surface area contributed by atoms with Crippen molar-refractivity contribution in [1.29, 1.82) is 0 Å². The molecule has 1 aromatic rings. The van der Waals surface area contributed by atoms with E-state index in [0.717, 1.165) is 13.1 Å². The van der Waals surface area contributed by atoms with Gasteiger partial charge in [-0.1, -0.05) is 24.0 Å². The van der Waals surface area contributed by atoms with Crippen LogP contribution < -0.4 is 10.6 Å². The highest BCUT2D eigenvalue weighted by molar-refractivity contribution is 5.33. The lowest BCUT2D eigenvalue weighted by molar-refractivity contribution is 0.261. The van der Waals surface area contributed by atoms with Gasteiger partial charge < -0.3 is 15.1 Å². The predicted octanol–water partition coefficient (Wildman–Crippen LogP) is 0.498. The first-order chi connectivity index (χ1) is 5.57. The summed E-state index contributed by atoms with van der Waals surface area (Å²) in [5.41, 5.74) is 5.66. The van der Waals surface area contributed by atoms with E-state index >= 15 is 0 Å². The minimum Gasteiger partial charge on any atom is -0.390 e. The Hall–Kier alpha value is -1.26. The van der Waals surface area contributed by atoms with Gasteiger partial charge in [0, 0.05) is 18.5 Å². The van der Waals surface area contributed by atoms with Gasteiger partial charge in [0.05, 0.1) is 0 Å². The number of nitrogens with two attached hydrogens (primary N) is 1. The van der Waals surface area contributed by atoms with E-state index in [1.54, 1.807) is 0 Å². The lowest BCUT2D eigenvalue weighted by atomic mass is 9.85. The molecule has 2 rings (SSSR count). The van der Waals surface area contributed by atoms with Crippen LogP contribution in [0.15, 0.2) is 4.42 Å². The average Bonchev–Trinajstić information content (AvgIpc) is 2.30. The first kappa shape index (κ1) is 7.39. The summed E-state index contributed by atoms with van der Waals surface area (Å²) in [6.07, 6.45) is 0. The van der Waals surface area contributed by atoms with Crippen LogP contribution in [-0.2, 0) is 0 Å². The van der Waals surface area contributed by atoms with E-state index in [4.69, 9.17) is 10.2 Å². The Morgan fingerprint density at radius 2 is 2.08 bits per heavy atom. The normalized spacial score (nSPS) is 20.7. The summed E-state index contributed by atoms with van der Waals surface area (Å²) in [6, 6.07) is 0.668. The number of rotatable bonds is 1. The molecule has 5 nitrogen and oxygen atoms in total. The Morgan fingerprint density at radius 3 is 2.50 bits per heavy atom. The lowest BCUT2D eigenvalue weighted by Crippen LogP contribution is -2.53. The maximum Gasteiger partial charge on any atom is 0.319 e. The number of hydrogen-bond acceptors (Lipinski definition) is 5. The van der Waals surface area contributed by atoms with Crippen molar-refractivity contribution < 1.29 is 4.42 Å². The zero-order valence-electron chi connectivity index (χ0n) is 7.24. The van der Waals surface area contributed by atoms with Crippen molar-refractivity contribution in [2.75, 3.05) is 23.7 Å². The zero-order chi connectivity index (χ0) is 8.77. The standard InChI is InChI=1S/C7H12N4O/c1-7(2)3-11(4-7)6-10-9-5(8)12-6/h3-4H2,1-2H3,(H2,8,9). The molecule has 1 aliphatic rings. The van der Waals surface area contributed by atoms with Gasteiger partial charge in [0.2, 0.25) is 0 Å². The molecule has 5 heteroatoms. The fourth-order valence-corrected chi connectivity index (χ4v) is 1.48. The van der Waals surface area contributed by atoms with Crippen molar-refractivity contribution in [3.63, 3.8) is 0 Å². The van der Waals surface area contributed by atoms with Gasteiger partial charge in [-0.05, 0) is 0 Å². The molecule has 1 saturated heterocycles. The molecule has 0 bridgehead atoms. The second kappa shape index (κ2) is 2.12. The van der Waals surface area contributed by atoms with E-state index in [1.807, 2.05) is 4.90 Å². The van der Waals surface area contributed by atoms with Crippen molar-refractivity contribution in [2.24, 2.45) is 5.41 Å². The molecule has 1 aromatic heterocycles. The Kier molecular flexibility index (Phi) is 1.31. The van der Waals surface area contributed by atoms with Gasteiger partial charge in [-0.2, -0.15) is 0 Å². The van der Waals surface area contributed by atoms with E-state index in [0.29, 0.717) is 11.4 Å². The van der Waals surface area contributed by atoms with Crippen LogP contribution in [0.1, 0.15) is 13.8 Å². The number of hydrogen-bond donors (Lipinski definition) is 1. The highest BCUT2D eigenvalue weighted by Crippen LogP contribution is 2.32. The van der Waals surface area contributed by atoms with Crippen molar-refractivity contribution in [3.05, 3.63) is 0 Å². The molecule has 0 spiro atoms. The Labute approximate surface area is 70.6 Å². The monoisotopic (exact) mass is 168 g/mol. The van der Waals surface area contributed by atoms with Crippen LogP contribution in [0.5, 0.6) is 0 Å². The van der Waals surface area contributed by atoms with E-state index in [9.17, 15) is 0 Å². The first-order valence-corrected chi connectivity index (χ1v) is 3.91. The molecule has 0 radical (unpaired) electrons. The molecule has 2 heterocycles. The van der Waals surface area contributed by atoms with Crippen molar-refractivity contribution in [2.45, 2.75) is 13.8 Å². The third-order valence-electron chi connectivity index (χ3n) is 1.94. The average molecular weight is 168 g/mol. The Bertz CT molecular complexity index is 285. The lowest BCUT2D eigenvalue weighted by Gasteiger charge is -2.44. The third-order valence-corrected chi connectivity index (χ3v) is 1.94. The molecule has 0 atom stereocenters. The van der Waals surface area contributed by atoms with Gasteiger partial charge in [-0.25, -0.2) is 0 Å². The fraction of sp³-hybridized carbons (Fsp3) is 0.714. The SMILES string of the molecule is CC1(C)CN(c2nnc(N)o2)C1. The number of aromatic nitrogens is 2. The first-order valence-electron chi connectivity index (χ1n) is 3.91. The van der Waals surface area contributed by atoms with Crippen molar-refractivity contribution in [1.82, 2.24) is 10.2 Å². The van der Waals surface area contributed by atoms with Crippen LogP contribution in [0.25, 0.3) is 0 Å². The van der Waals surface area contributed by atoms with Gasteiger partial charge in [0.15, 0.2) is 0 Å². The van der Waals surface area contributed by atoms with E-state index in [2.05, 4.69) is 24.0 Å². The second-order valence-electron chi connectivity index (χ2n) is 3.94. The molecule has 12 heavy (non-hydrogen) atoms. The highest BCUT2D eigenvalue weighted by Gasteiger charge is 2.36. The van der Waals surface area contributed by atoms with Gasteiger partial charge in [0.1, 0.15) is 0 Å². The molecular weight excluding hydrogens is 156 g/mol. The maximum atomic E-state index is 5.30. The largest absolute Gasteiger partial charge is 0.390 e. The Balaban J connectivity index is 2.06. The molecule has 0 unspecified atom stereocenters. The summed E-state index contributed by atoms with van der Waals surface area (Å²) in [5, 5.41) is 7.37. The van der Waals surface area contributed by atoms with E-state index < -0.39 is 0 Å². The summed E-state index contributed by atoms with van der Waals surface area (Å²) in [5.74, 6) is 0. The third kappa shape index (κ3) is 1.11. The molecule has 1 fully saturated rings. The molecule has 0 aromatic carbocycles. The van der Waals surface area contributed by atoms with Gasteiger partial charge in [-0.3, -0.25) is 0 Å². The molecule has 0 aliphatic carbocycles. The van der Waals surface area contributed by atoms with Gasteiger partial charge in [0.25, 0.3) is 0 Å². The molecule has 2 N–H and O–H groups in total. The number of anilines is 2. The molecular formula is C7H12N4O. The van der Waals surface area contributed by atoms with Crippen LogP contribution in [0.3, 0.4) is 0 Å². The minimum absolute atomic E-state index is 0.134. The highest BCUT2D eigenvalue weighted by atomic mass is 16.4. The minimum atomic E-state index is 0.134.